The summed E-state index contributed by atoms with van der Waals surface area (Å²) in [5, 5.41) is 2.65. The first kappa shape index (κ1) is 7.28. The van der Waals surface area contributed by atoms with Crippen molar-refractivity contribution in [1.82, 2.24) is 5.32 Å². The lowest BCUT2D eigenvalue weighted by Crippen LogP contribution is -2.29. The molecular weight excluding hydrogens is 130 g/mol. The lowest BCUT2D eigenvalue weighted by molar-refractivity contribution is -0.118. The Morgan fingerprint density at radius 1 is 1.80 bits per heavy atom. The molecule has 1 aliphatic heterocycles. The van der Waals surface area contributed by atoms with E-state index in [0.717, 1.165) is 5.57 Å². The molecule has 1 unspecified atom stereocenters. The number of hydrogen-bond donors (Lipinski definition) is 1. The minimum absolute atomic E-state index is 0.0292. The number of carbonyl (C=O) groups excluding carboxylic acids is 1. The van der Waals surface area contributed by atoms with Crippen LogP contribution >= 0.6 is 0 Å². The highest BCUT2D eigenvalue weighted by Gasteiger charge is 2.18. The van der Waals surface area contributed by atoms with Crippen LogP contribution in [0, 0.1) is 0 Å². The van der Waals surface area contributed by atoms with E-state index in [1.807, 2.05) is 6.92 Å². The lowest BCUT2D eigenvalue weighted by atomic mass is 10.3. The molecule has 1 rings (SSSR count). The van der Waals surface area contributed by atoms with Crippen LogP contribution in [0.2, 0.25) is 0 Å². The Kier molecular flexibility index (Phi) is 2.06. The Balaban J connectivity index is 2.48. The third kappa shape index (κ3) is 1.36. The van der Waals surface area contributed by atoms with Crippen molar-refractivity contribution in [3.05, 3.63) is 11.6 Å². The Hall–Kier alpha value is -0.830. The Morgan fingerprint density at radius 3 is 2.90 bits per heavy atom. The molecule has 0 aliphatic carbocycles. The van der Waals surface area contributed by atoms with E-state index in [4.69, 9.17) is 4.74 Å². The van der Waals surface area contributed by atoms with Crippen LogP contribution in [0.25, 0.3) is 0 Å². The Morgan fingerprint density at radius 2 is 2.50 bits per heavy atom. The van der Waals surface area contributed by atoms with Gasteiger partial charge in [0.1, 0.15) is 6.23 Å². The van der Waals surface area contributed by atoms with Crippen molar-refractivity contribution in [2.24, 2.45) is 0 Å². The van der Waals surface area contributed by atoms with Gasteiger partial charge >= 0.3 is 0 Å². The van der Waals surface area contributed by atoms with E-state index in [0.29, 0.717) is 6.61 Å². The zero-order valence-corrected chi connectivity index (χ0v) is 6.18. The maximum absolute atomic E-state index is 10.8. The van der Waals surface area contributed by atoms with E-state index in [9.17, 15) is 4.79 Å². The van der Waals surface area contributed by atoms with E-state index in [1.54, 1.807) is 13.0 Å². The average Bonchev–Trinajstić information content (AvgIpc) is 2.14. The molecular formula is C7H11NO2. The summed E-state index contributed by atoms with van der Waals surface area (Å²) in [5.41, 5.74) is 0.735. The number of carbonyl (C=O) groups is 1. The summed E-state index contributed by atoms with van der Waals surface area (Å²) in [6, 6.07) is 0. The molecule has 56 valence electrons. The van der Waals surface area contributed by atoms with Crippen LogP contribution in [0.4, 0.5) is 0 Å². The van der Waals surface area contributed by atoms with Gasteiger partial charge in [-0.05, 0) is 19.9 Å². The highest BCUT2D eigenvalue weighted by atomic mass is 16.5. The quantitative estimate of drug-likeness (QED) is 0.605. The molecule has 1 aliphatic rings. The molecule has 0 fully saturated rings. The molecule has 0 aromatic heterocycles. The third-order valence-electron chi connectivity index (χ3n) is 1.38. The summed E-state index contributed by atoms with van der Waals surface area (Å²) in [5.74, 6) is -0.0292. The minimum Gasteiger partial charge on any atom is -0.355 e. The Labute approximate surface area is 60.1 Å². The predicted octanol–water partition coefficient (Wildman–Crippen LogP) is 0.425. The van der Waals surface area contributed by atoms with Gasteiger partial charge in [0.2, 0.25) is 5.91 Å². The molecule has 0 bridgehead atoms. The normalized spacial score (nSPS) is 24.4. The van der Waals surface area contributed by atoms with Crippen LogP contribution in [0.5, 0.6) is 0 Å². The fourth-order valence-corrected chi connectivity index (χ4v) is 0.857. The third-order valence-corrected chi connectivity index (χ3v) is 1.38. The molecule has 1 N–H and O–H groups in total. The van der Waals surface area contributed by atoms with Gasteiger partial charge in [0, 0.05) is 12.2 Å². The van der Waals surface area contributed by atoms with Gasteiger partial charge in [-0.15, -0.1) is 0 Å². The first-order valence-corrected chi connectivity index (χ1v) is 3.35. The van der Waals surface area contributed by atoms with Crippen LogP contribution in [-0.2, 0) is 9.53 Å². The predicted molar refractivity (Wildman–Crippen MR) is 37.3 cm³/mol. The van der Waals surface area contributed by atoms with Crippen LogP contribution < -0.4 is 5.32 Å². The molecule has 0 spiro atoms. The molecule has 0 aromatic rings. The van der Waals surface area contributed by atoms with E-state index in [-0.39, 0.29) is 12.1 Å². The molecule has 0 saturated carbocycles. The van der Waals surface area contributed by atoms with Crippen LogP contribution in [-0.4, -0.2) is 18.7 Å². The van der Waals surface area contributed by atoms with Crippen molar-refractivity contribution in [2.45, 2.75) is 20.1 Å². The zero-order valence-electron chi connectivity index (χ0n) is 6.18. The second-order valence-electron chi connectivity index (χ2n) is 2.20. The van der Waals surface area contributed by atoms with Gasteiger partial charge in [0.15, 0.2) is 0 Å². The van der Waals surface area contributed by atoms with Crippen molar-refractivity contribution in [3.8, 4) is 0 Å². The largest absolute Gasteiger partial charge is 0.355 e. The van der Waals surface area contributed by atoms with Crippen molar-refractivity contribution in [2.75, 3.05) is 6.61 Å². The van der Waals surface area contributed by atoms with Gasteiger partial charge in [-0.25, -0.2) is 0 Å². The molecule has 3 heteroatoms. The smallest absolute Gasteiger partial charge is 0.248 e. The summed E-state index contributed by atoms with van der Waals surface area (Å²) in [6.45, 7) is 4.29. The number of rotatable bonds is 2. The van der Waals surface area contributed by atoms with Gasteiger partial charge in [-0.1, -0.05) is 0 Å². The number of ether oxygens (including phenoxy) is 1. The maximum Gasteiger partial charge on any atom is 0.248 e. The molecule has 3 nitrogen and oxygen atoms in total. The molecule has 0 radical (unpaired) electrons. The van der Waals surface area contributed by atoms with Crippen molar-refractivity contribution in [1.29, 1.82) is 0 Å². The van der Waals surface area contributed by atoms with Gasteiger partial charge in [0.25, 0.3) is 0 Å². The van der Waals surface area contributed by atoms with Crippen LogP contribution in [0.1, 0.15) is 13.8 Å². The monoisotopic (exact) mass is 141 g/mol. The minimum atomic E-state index is -0.197. The summed E-state index contributed by atoms with van der Waals surface area (Å²) in [6.07, 6.45) is 1.59. The van der Waals surface area contributed by atoms with E-state index >= 15 is 0 Å². The van der Waals surface area contributed by atoms with Gasteiger partial charge in [-0.3, -0.25) is 4.79 Å². The zero-order chi connectivity index (χ0) is 7.56. The highest BCUT2D eigenvalue weighted by Crippen LogP contribution is 2.05. The van der Waals surface area contributed by atoms with Crippen molar-refractivity contribution < 1.29 is 9.53 Å². The second kappa shape index (κ2) is 2.84. The van der Waals surface area contributed by atoms with Crippen LogP contribution in [0.3, 0.4) is 0 Å². The topological polar surface area (TPSA) is 38.3 Å². The first-order valence-electron chi connectivity index (χ1n) is 3.35. The van der Waals surface area contributed by atoms with Crippen molar-refractivity contribution in [3.63, 3.8) is 0 Å². The number of amides is 1. The molecule has 10 heavy (non-hydrogen) atoms. The molecule has 0 aromatic carbocycles. The molecule has 1 atom stereocenters. The molecule has 1 amide bonds. The summed E-state index contributed by atoms with van der Waals surface area (Å²) in [4.78, 5) is 10.8. The SMILES string of the molecule is CCOC1C=C(C)C(=O)N1. The Bertz CT molecular complexity index is 174. The van der Waals surface area contributed by atoms with Gasteiger partial charge < -0.3 is 10.1 Å². The maximum atomic E-state index is 10.8. The van der Waals surface area contributed by atoms with E-state index < -0.39 is 0 Å². The average molecular weight is 141 g/mol. The number of nitrogens with one attached hydrogen (secondary N) is 1. The van der Waals surface area contributed by atoms with Gasteiger partial charge in [-0.2, -0.15) is 0 Å². The van der Waals surface area contributed by atoms with E-state index in [2.05, 4.69) is 5.32 Å². The van der Waals surface area contributed by atoms with Crippen LogP contribution in [0.15, 0.2) is 11.6 Å². The summed E-state index contributed by atoms with van der Waals surface area (Å²) in [7, 11) is 0. The summed E-state index contributed by atoms with van der Waals surface area (Å²) >= 11 is 0. The number of hydrogen-bond acceptors (Lipinski definition) is 2. The fourth-order valence-electron chi connectivity index (χ4n) is 0.857. The van der Waals surface area contributed by atoms with E-state index in [1.165, 1.54) is 0 Å². The molecule has 0 saturated heterocycles. The fraction of sp³-hybridized carbons (Fsp3) is 0.571. The summed E-state index contributed by atoms with van der Waals surface area (Å²) < 4.78 is 5.14. The second-order valence-corrected chi connectivity index (χ2v) is 2.20. The molecule has 1 heterocycles. The van der Waals surface area contributed by atoms with Crippen molar-refractivity contribution >= 4 is 5.91 Å². The lowest BCUT2D eigenvalue weighted by Gasteiger charge is -2.06. The van der Waals surface area contributed by atoms with Gasteiger partial charge in [0.05, 0.1) is 0 Å². The standard InChI is InChI=1S/C7H11NO2/c1-3-10-6-4-5(2)7(9)8-6/h4,6H,3H2,1-2H3,(H,8,9). The first-order chi connectivity index (χ1) is 4.74. The highest BCUT2D eigenvalue weighted by molar-refractivity contribution is 5.95.